The van der Waals surface area contributed by atoms with Crippen molar-refractivity contribution in [3.63, 3.8) is 0 Å². The van der Waals surface area contributed by atoms with E-state index < -0.39 is 0 Å². The van der Waals surface area contributed by atoms with Gasteiger partial charge in [0, 0.05) is 17.4 Å². The Morgan fingerprint density at radius 3 is 2.95 bits per heavy atom. The first-order valence-electron chi connectivity index (χ1n) is 6.40. The van der Waals surface area contributed by atoms with Crippen molar-refractivity contribution in [3.8, 4) is 5.75 Å². The molecule has 0 aliphatic carbocycles. The van der Waals surface area contributed by atoms with Crippen molar-refractivity contribution < 1.29 is 9.53 Å². The van der Waals surface area contributed by atoms with Crippen molar-refractivity contribution in [3.05, 3.63) is 23.2 Å². The van der Waals surface area contributed by atoms with E-state index in [1.54, 1.807) is 23.1 Å². The molecule has 1 aliphatic heterocycles. The molecule has 1 aliphatic rings. The van der Waals surface area contributed by atoms with E-state index in [-0.39, 0.29) is 12.5 Å². The fraction of sp³-hybridized carbons (Fsp3) is 0.500. The van der Waals surface area contributed by atoms with E-state index in [0.29, 0.717) is 29.1 Å². The minimum Gasteiger partial charge on any atom is -0.482 e. The number of amides is 1. The summed E-state index contributed by atoms with van der Waals surface area (Å²) in [5, 5.41) is 0.607. The van der Waals surface area contributed by atoms with Crippen LogP contribution in [0.2, 0.25) is 5.02 Å². The average molecular weight is 302 g/mol. The second-order valence-electron chi connectivity index (χ2n) is 4.82. The van der Waals surface area contributed by atoms with Gasteiger partial charge in [-0.1, -0.05) is 18.5 Å². The molecule has 1 amide bonds. The molecule has 1 heterocycles. The Hall–Kier alpha value is -0.930. The molecule has 19 heavy (non-hydrogen) atoms. The highest BCUT2D eigenvalue weighted by molar-refractivity contribution is 6.31. The van der Waals surface area contributed by atoms with Gasteiger partial charge in [0.15, 0.2) is 6.61 Å². The quantitative estimate of drug-likeness (QED) is 0.776. The van der Waals surface area contributed by atoms with Crippen molar-refractivity contribution in [2.45, 2.75) is 19.8 Å². The molecule has 104 valence electrons. The number of hydrogen-bond acceptors (Lipinski definition) is 2. The van der Waals surface area contributed by atoms with Gasteiger partial charge in [-0.05, 0) is 37.0 Å². The summed E-state index contributed by atoms with van der Waals surface area (Å²) in [6, 6.07) is 5.35. The number of benzene rings is 1. The van der Waals surface area contributed by atoms with Gasteiger partial charge in [-0.15, -0.1) is 11.6 Å². The molecule has 0 saturated carbocycles. The number of rotatable bonds is 5. The summed E-state index contributed by atoms with van der Waals surface area (Å²) in [5.74, 6) is 1.85. The third kappa shape index (κ3) is 3.54. The largest absolute Gasteiger partial charge is 0.482 e. The predicted molar refractivity (Wildman–Crippen MR) is 78.4 cm³/mol. The number of anilines is 1. The van der Waals surface area contributed by atoms with Crippen LogP contribution in [0.4, 0.5) is 5.69 Å². The lowest BCUT2D eigenvalue weighted by Crippen LogP contribution is -2.39. The number of alkyl halides is 1. The smallest absolute Gasteiger partial charge is 0.265 e. The van der Waals surface area contributed by atoms with E-state index in [1.807, 2.05) is 0 Å². The van der Waals surface area contributed by atoms with Crippen LogP contribution in [0, 0.1) is 5.92 Å². The first-order chi connectivity index (χ1) is 9.11. The zero-order chi connectivity index (χ0) is 13.8. The number of halogens is 2. The lowest BCUT2D eigenvalue weighted by molar-refractivity contribution is -0.121. The Morgan fingerprint density at radius 2 is 2.21 bits per heavy atom. The molecule has 0 radical (unpaired) electrons. The monoisotopic (exact) mass is 301 g/mol. The minimum absolute atomic E-state index is 0.0205. The van der Waals surface area contributed by atoms with Gasteiger partial charge in [0.25, 0.3) is 5.91 Å². The number of hydrogen-bond donors (Lipinski definition) is 0. The first kappa shape index (κ1) is 14.5. The van der Waals surface area contributed by atoms with Gasteiger partial charge in [0.1, 0.15) is 5.75 Å². The zero-order valence-electron chi connectivity index (χ0n) is 10.9. The molecule has 1 unspecified atom stereocenters. The molecule has 1 atom stereocenters. The van der Waals surface area contributed by atoms with E-state index in [4.69, 9.17) is 27.9 Å². The molecule has 5 heteroatoms. The molecule has 1 aromatic rings. The van der Waals surface area contributed by atoms with Gasteiger partial charge in [0.05, 0.1) is 5.69 Å². The molecule has 0 fully saturated rings. The summed E-state index contributed by atoms with van der Waals surface area (Å²) < 4.78 is 5.40. The van der Waals surface area contributed by atoms with Crippen molar-refractivity contribution in [2.75, 3.05) is 23.9 Å². The predicted octanol–water partition coefficient (Wildman–Crippen LogP) is 3.72. The Kier molecular flexibility index (Phi) is 4.94. The Labute approximate surface area is 123 Å². The number of ether oxygens (including phenoxy) is 1. The highest BCUT2D eigenvalue weighted by atomic mass is 35.5. The normalized spacial score (nSPS) is 15.9. The molecule has 0 aromatic heterocycles. The second-order valence-corrected chi connectivity index (χ2v) is 5.63. The summed E-state index contributed by atoms with van der Waals surface area (Å²) in [5.41, 5.74) is 0.766. The number of nitrogens with zero attached hydrogens (tertiary/aromatic N) is 1. The maximum absolute atomic E-state index is 12.0. The summed E-state index contributed by atoms with van der Waals surface area (Å²) in [7, 11) is 0. The molecule has 0 saturated heterocycles. The van der Waals surface area contributed by atoms with Gasteiger partial charge in [-0.25, -0.2) is 0 Å². The molecule has 0 N–H and O–H groups in total. The third-order valence-electron chi connectivity index (χ3n) is 3.31. The van der Waals surface area contributed by atoms with E-state index in [0.717, 1.165) is 18.5 Å². The van der Waals surface area contributed by atoms with Crippen molar-refractivity contribution in [1.29, 1.82) is 0 Å². The molecule has 2 rings (SSSR count). The zero-order valence-corrected chi connectivity index (χ0v) is 12.4. The van der Waals surface area contributed by atoms with Crippen LogP contribution in [-0.2, 0) is 4.79 Å². The fourth-order valence-electron chi connectivity index (χ4n) is 2.10. The summed E-state index contributed by atoms with van der Waals surface area (Å²) in [6.45, 7) is 2.91. The van der Waals surface area contributed by atoms with Gasteiger partial charge >= 0.3 is 0 Å². The molecule has 0 bridgehead atoms. The van der Waals surface area contributed by atoms with Crippen LogP contribution >= 0.6 is 23.2 Å². The van der Waals surface area contributed by atoms with Crippen molar-refractivity contribution >= 4 is 34.8 Å². The average Bonchev–Trinajstić information content (AvgIpc) is 2.38. The summed E-state index contributed by atoms with van der Waals surface area (Å²) in [4.78, 5) is 13.7. The minimum atomic E-state index is -0.0205. The van der Waals surface area contributed by atoms with E-state index >= 15 is 0 Å². The van der Waals surface area contributed by atoms with Crippen LogP contribution in [-0.4, -0.2) is 24.9 Å². The van der Waals surface area contributed by atoms with Crippen molar-refractivity contribution in [1.82, 2.24) is 0 Å². The topological polar surface area (TPSA) is 29.5 Å². The molecule has 0 spiro atoms. The van der Waals surface area contributed by atoms with E-state index in [1.165, 1.54) is 0 Å². The maximum Gasteiger partial charge on any atom is 0.265 e. The Balaban J connectivity index is 2.11. The van der Waals surface area contributed by atoms with E-state index in [9.17, 15) is 4.79 Å². The maximum atomic E-state index is 12.0. The lowest BCUT2D eigenvalue weighted by atomic mass is 10.0. The highest BCUT2D eigenvalue weighted by Crippen LogP contribution is 2.34. The van der Waals surface area contributed by atoms with Crippen LogP contribution in [0.15, 0.2) is 18.2 Å². The van der Waals surface area contributed by atoms with Crippen LogP contribution in [0.1, 0.15) is 19.8 Å². The number of carbonyl (C=O) groups excluding carboxylic acids is 1. The Morgan fingerprint density at radius 1 is 1.42 bits per heavy atom. The van der Waals surface area contributed by atoms with E-state index in [2.05, 4.69) is 6.92 Å². The van der Waals surface area contributed by atoms with Crippen LogP contribution in [0.3, 0.4) is 0 Å². The third-order valence-corrected chi connectivity index (χ3v) is 3.76. The van der Waals surface area contributed by atoms with Gasteiger partial charge < -0.3 is 9.64 Å². The van der Waals surface area contributed by atoms with Gasteiger partial charge in [-0.3, -0.25) is 4.79 Å². The molecule has 1 aromatic carbocycles. The van der Waals surface area contributed by atoms with Crippen LogP contribution in [0.5, 0.6) is 5.75 Å². The number of carbonyl (C=O) groups is 1. The molecular weight excluding hydrogens is 285 g/mol. The first-order valence-corrected chi connectivity index (χ1v) is 7.31. The highest BCUT2D eigenvalue weighted by Gasteiger charge is 2.25. The standard InChI is InChI=1S/C14H17Cl2NO2/c1-10(4-6-15)5-7-17-12-8-11(16)2-3-13(12)19-9-14(17)18/h2-3,8,10H,4-7,9H2,1H3. The fourth-order valence-corrected chi connectivity index (χ4v) is 2.64. The van der Waals surface area contributed by atoms with Gasteiger partial charge in [-0.2, -0.15) is 0 Å². The molecule has 3 nitrogen and oxygen atoms in total. The van der Waals surface area contributed by atoms with Gasteiger partial charge in [0.2, 0.25) is 0 Å². The summed E-state index contributed by atoms with van der Waals surface area (Å²) in [6.07, 6.45) is 1.88. The SMILES string of the molecule is CC(CCCl)CCN1C(=O)COc2ccc(Cl)cc21. The lowest BCUT2D eigenvalue weighted by Gasteiger charge is -2.30. The summed E-state index contributed by atoms with van der Waals surface area (Å²) >= 11 is 11.7. The molecular formula is C14H17Cl2NO2. The van der Waals surface area contributed by atoms with Crippen LogP contribution in [0.25, 0.3) is 0 Å². The second kappa shape index (κ2) is 6.49. The Bertz CT molecular complexity index is 465. The van der Waals surface area contributed by atoms with Crippen molar-refractivity contribution in [2.24, 2.45) is 5.92 Å². The van der Waals surface area contributed by atoms with Crippen LogP contribution < -0.4 is 9.64 Å². The number of fused-ring (bicyclic) bond motifs is 1.